The average molecular weight is 492 g/mol. The Bertz CT molecular complexity index is 465. The fourth-order valence-electron chi connectivity index (χ4n) is 2.98. The van der Waals surface area contributed by atoms with E-state index in [0.717, 1.165) is 34.6 Å². The molecule has 0 aromatic heterocycles. The van der Waals surface area contributed by atoms with Crippen molar-refractivity contribution in [1.29, 1.82) is 0 Å². The van der Waals surface area contributed by atoms with Crippen molar-refractivity contribution >= 4 is 15.9 Å². The van der Waals surface area contributed by atoms with Crippen LogP contribution < -0.4 is 30.7 Å². The summed E-state index contributed by atoms with van der Waals surface area (Å²) in [6.07, 6.45) is -0.592. The summed E-state index contributed by atoms with van der Waals surface area (Å²) in [7, 11) is 0. The summed E-state index contributed by atoms with van der Waals surface area (Å²) in [5.41, 5.74) is 0.268. The second-order valence-corrected chi connectivity index (χ2v) is 8.41. The Morgan fingerprint density at radius 2 is 1.95 bits per heavy atom. The van der Waals surface area contributed by atoms with Crippen LogP contribution in [0, 0.1) is 5.92 Å². The Balaban J connectivity index is 2.08. The molecule has 7 heteroatoms. The zero-order valence-corrected chi connectivity index (χ0v) is 15.8. The van der Waals surface area contributed by atoms with E-state index in [2.05, 4.69) is 21.2 Å². The molecule has 0 heterocycles. The number of hydrogen-bond donors (Lipinski definition) is 2. The average Bonchev–Trinajstić information content (AvgIpc) is 2.46. The van der Waals surface area contributed by atoms with Crippen LogP contribution in [0.3, 0.4) is 0 Å². The van der Waals surface area contributed by atoms with E-state index >= 15 is 0 Å². The second kappa shape index (κ2) is 8.30. The summed E-state index contributed by atoms with van der Waals surface area (Å²) in [5, 5.41) is 2.85. The van der Waals surface area contributed by atoms with E-state index in [1.165, 1.54) is 12.1 Å². The molecule has 1 saturated carbocycles. The number of nitrogens with one attached hydrogen (secondary N) is 1. The van der Waals surface area contributed by atoms with Crippen molar-refractivity contribution < 1.29 is 34.7 Å². The molecule has 0 amide bonds. The van der Waals surface area contributed by atoms with Gasteiger partial charge in [0, 0.05) is 0 Å². The number of alkyl halides is 4. The first-order valence-electron chi connectivity index (χ1n) is 7.26. The van der Waals surface area contributed by atoms with Gasteiger partial charge in [-0.1, -0.05) is 0 Å². The Labute approximate surface area is 148 Å². The molecule has 1 aromatic carbocycles. The molecule has 126 valence electrons. The fourth-order valence-corrected chi connectivity index (χ4v) is 4.76. The van der Waals surface area contributed by atoms with Gasteiger partial charge in [0.05, 0.1) is 0 Å². The molecule has 0 saturated heterocycles. The third-order valence-corrected chi connectivity index (χ3v) is 6.31. The van der Waals surface area contributed by atoms with Crippen LogP contribution >= 0.6 is 15.9 Å². The van der Waals surface area contributed by atoms with Crippen molar-refractivity contribution in [2.45, 2.75) is 43.9 Å². The predicted octanol–water partition coefficient (Wildman–Crippen LogP) is 1.16. The third-order valence-electron chi connectivity index (χ3n) is 4.02. The molecule has 22 heavy (non-hydrogen) atoms. The Kier molecular flexibility index (Phi) is 6.97. The summed E-state index contributed by atoms with van der Waals surface area (Å²) in [6, 6.07) is 4.68. The van der Waals surface area contributed by atoms with Gasteiger partial charge in [-0.3, -0.25) is 0 Å². The number of rotatable bonds is 5. The van der Waals surface area contributed by atoms with E-state index in [-0.39, 0.29) is 33.1 Å². The van der Waals surface area contributed by atoms with Crippen molar-refractivity contribution in [1.82, 2.24) is 5.32 Å². The van der Waals surface area contributed by atoms with Crippen LogP contribution in [0.5, 0.6) is 0 Å². The summed E-state index contributed by atoms with van der Waals surface area (Å²) in [4.78, 5) is 0. The molecule has 1 aliphatic rings. The van der Waals surface area contributed by atoms with Crippen molar-refractivity contribution in [3.63, 3.8) is 0 Å². The molecule has 0 bridgehead atoms. The van der Waals surface area contributed by atoms with Gasteiger partial charge in [-0.05, 0) is 0 Å². The molecule has 2 nitrogen and oxygen atoms in total. The van der Waals surface area contributed by atoms with Crippen molar-refractivity contribution in [2.24, 2.45) is 9.86 Å². The van der Waals surface area contributed by atoms with Gasteiger partial charge < -0.3 is 0 Å². The van der Waals surface area contributed by atoms with Gasteiger partial charge in [-0.25, -0.2) is 0 Å². The Morgan fingerprint density at radius 1 is 1.27 bits per heavy atom. The van der Waals surface area contributed by atoms with Crippen LogP contribution in [0.1, 0.15) is 37.3 Å². The van der Waals surface area contributed by atoms with E-state index in [1.807, 2.05) is 0 Å². The molecule has 0 radical (unpaired) electrons. The van der Waals surface area contributed by atoms with E-state index in [1.54, 1.807) is 12.1 Å². The van der Waals surface area contributed by atoms with Gasteiger partial charge in [-0.15, -0.1) is 0 Å². The van der Waals surface area contributed by atoms with Crippen LogP contribution in [0.2, 0.25) is 0 Å². The molecule has 3 N–H and O–H groups in total. The van der Waals surface area contributed by atoms with Crippen LogP contribution in [0.4, 0.5) is 13.2 Å². The molecule has 1 fully saturated rings. The van der Waals surface area contributed by atoms with Gasteiger partial charge in [0.15, 0.2) is 0 Å². The summed E-state index contributed by atoms with van der Waals surface area (Å²) >= 11 is 2.97. The first kappa shape index (κ1) is 18.5. The topological polar surface area (TPSA) is 38.0 Å². The molecule has 0 aliphatic heterocycles. The van der Waals surface area contributed by atoms with Crippen LogP contribution in [-0.4, -0.2) is 16.6 Å². The minimum atomic E-state index is -4.29. The predicted molar refractivity (Wildman–Crippen MR) is 80.9 cm³/mol. The molecule has 0 spiro atoms. The van der Waals surface area contributed by atoms with E-state index < -0.39 is 12.2 Å². The third kappa shape index (κ3) is 5.35. The van der Waals surface area contributed by atoms with E-state index in [9.17, 15) is 13.2 Å². The normalized spacial score (nSPS) is 24.4. The van der Waals surface area contributed by atoms with Crippen LogP contribution in [-0.2, 0) is 0 Å². The molecule has 1 aliphatic carbocycles. The van der Waals surface area contributed by atoms with Gasteiger partial charge in [0.1, 0.15) is 0 Å². The first-order valence-corrected chi connectivity index (χ1v) is 10.8. The fraction of sp³-hybridized carbons (Fsp3) is 0.600. The van der Waals surface area contributed by atoms with Gasteiger partial charge in [-0.2, -0.15) is 0 Å². The molecular formula is C15H20BrF3IN2-. The molecular weight excluding hydrogens is 472 g/mol. The van der Waals surface area contributed by atoms with Gasteiger partial charge in [0.2, 0.25) is 0 Å². The summed E-state index contributed by atoms with van der Waals surface area (Å²) in [6.45, 7) is 0. The molecule has 2 rings (SSSR count). The molecule has 3 atom stereocenters. The van der Waals surface area contributed by atoms with Crippen molar-refractivity contribution in [3.05, 3.63) is 34.3 Å². The number of hydrogen-bond acceptors (Lipinski definition) is 2. The summed E-state index contributed by atoms with van der Waals surface area (Å²) in [5.74, 6) is 0.489. The van der Waals surface area contributed by atoms with E-state index in [0.29, 0.717) is 5.92 Å². The van der Waals surface area contributed by atoms with Crippen LogP contribution in [0.25, 0.3) is 0 Å². The van der Waals surface area contributed by atoms with Crippen LogP contribution in [0.15, 0.2) is 28.7 Å². The van der Waals surface area contributed by atoms with Gasteiger partial charge >= 0.3 is 148 Å². The zero-order valence-electron chi connectivity index (χ0n) is 12.0. The van der Waals surface area contributed by atoms with E-state index in [4.69, 9.17) is 3.95 Å². The number of nitrogens with two attached hydrogens (primary N) is 1. The number of benzene rings is 1. The maximum absolute atomic E-state index is 13.4. The Morgan fingerprint density at radius 3 is 2.55 bits per heavy atom. The SMILES string of the molecule is N[I-]C[C@@H]1CCC[C@H](N[C@H](c2ccc(Br)cc2)C(F)(F)F)C1. The maximum atomic E-state index is 13.4. The van der Waals surface area contributed by atoms with Gasteiger partial charge in [0.25, 0.3) is 0 Å². The first-order chi connectivity index (χ1) is 10.4. The standard InChI is InChI=1S/C15H20BrF3IN2/c16-12-6-4-11(5-7-12)14(15(17,18)19)22-13-3-1-2-10(8-13)9-20-21/h4-7,10,13-14,22H,1-3,8-9,21H2/q-1/t10-,13+,14-/m1/s1. The molecule has 0 unspecified atom stereocenters. The molecule has 1 aromatic rings. The minimum absolute atomic E-state index is 0.0791. The quantitative estimate of drug-likeness (QED) is 0.368. The monoisotopic (exact) mass is 491 g/mol. The Hall–Kier alpha value is 0.140. The second-order valence-electron chi connectivity index (χ2n) is 5.73. The van der Waals surface area contributed by atoms with Crippen molar-refractivity contribution in [3.8, 4) is 0 Å². The zero-order chi connectivity index (χ0) is 16.2. The number of halogens is 5. The van der Waals surface area contributed by atoms with Crippen molar-refractivity contribution in [2.75, 3.05) is 4.43 Å². The summed E-state index contributed by atoms with van der Waals surface area (Å²) < 4.78 is 47.7.